The topological polar surface area (TPSA) is 93.5 Å². The summed E-state index contributed by atoms with van der Waals surface area (Å²) in [5.41, 5.74) is 1.34. The molecular formula is C26H25N3O4. The summed E-state index contributed by atoms with van der Waals surface area (Å²) in [4.78, 5) is 26.0. The Bertz CT molecular complexity index is 1150. The fraction of sp³-hybridized carbons (Fsp3) is 0.269. The molecule has 3 aromatic rings. The van der Waals surface area contributed by atoms with Crippen molar-refractivity contribution < 1.29 is 14.5 Å². The minimum atomic E-state index is -1.16. The van der Waals surface area contributed by atoms with Gasteiger partial charge in [-0.2, -0.15) is 0 Å². The van der Waals surface area contributed by atoms with Crippen LogP contribution >= 0.6 is 0 Å². The maximum absolute atomic E-state index is 13.6. The van der Waals surface area contributed by atoms with Crippen LogP contribution in [0.25, 0.3) is 0 Å². The number of hydrogen-bond donors (Lipinski definition) is 2. The van der Waals surface area contributed by atoms with Gasteiger partial charge in [-0.1, -0.05) is 72.8 Å². The van der Waals surface area contributed by atoms with Crippen molar-refractivity contribution in [3.05, 3.63) is 112 Å². The summed E-state index contributed by atoms with van der Waals surface area (Å²) in [7, 11) is 1.58. The number of hydrogen-bond acceptors (Lipinski definition) is 5. The minimum Gasteiger partial charge on any atom is -0.497 e. The van der Waals surface area contributed by atoms with E-state index in [2.05, 4.69) is 10.6 Å². The van der Waals surface area contributed by atoms with Crippen LogP contribution in [-0.2, 0) is 4.79 Å². The second kappa shape index (κ2) is 8.33. The van der Waals surface area contributed by atoms with Crippen molar-refractivity contribution in [3.8, 4) is 5.75 Å². The van der Waals surface area contributed by atoms with Crippen LogP contribution in [0.2, 0.25) is 0 Å². The third-order valence-electron chi connectivity index (χ3n) is 7.04. The molecule has 5 atom stereocenters. The number of rotatable bonds is 5. The smallest absolute Gasteiger partial charge is 0.241 e. The summed E-state index contributed by atoms with van der Waals surface area (Å²) in [6.07, 6.45) is 0. The van der Waals surface area contributed by atoms with Gasteiger partial charge in [-0.25, -0.2) is 0 Å². The maximum atomic E-state index is 13.6. The van der Waals surface area contributed by atoms with Crippen LogP contribution in [0, 0.1) is 10.1 Å². The first kappa shape index (κ1) is 21.2. The first-order valence-electron chi connectivity index (χ1n) is 11.0. The van der Waals surface area contributed by atoms with Gasteiger partial charge in [-0.05, 0) is 28.8 Å². The molecule has 0 bridgehead atoms. The van der Waals surface area contributed by atoms with Gasteiger partial charge in [-0.15, -0.1) is 0 Å². The molecule has 0 aromatic heterocycles. The van der Waals surface area contributed by atoms with Crippen molar-refractivity contribution in [2.45, 2.75) is 29.5 Å². The van der Waals surface area contributed by atoms with E-state index < -0.39 is 23.5 Å². The molecule has 33 heavy (non-hydrogen) atoms. The van der Waals surface area contributed by atoms with E-state index in [1.54, 1.807) is 19.2 Å². The SMILES string of the molecule is COc1ccc([C@H]2N[C@@]3(C(=O)NC[C@@H]3c3ccccc3)[C@H](c3ccccc3)[C@H]2[N+](=O)[O-])cc1. The highest BCUT2D eigenvalue weighted by Gasteiger charge is 2.68. The molecule has 7 heteroatoms. The highest BCUT2D eigenvalue weighted by Crippen LogP contribution is 2.53. The zero-order chi connectivity index (χ0) is 23.0. The summed E-state index contributed by atoms with van der Waals surface area (Å²) in [5.74, 6) is -0.451. The molecule has 0 unspecified atom stereocenters. The fourth-order valence-electron chi connectivity index (χ4n) is 5.60. The molecule has 0 radical (unpaired) electrons. The van der Waals surface area contributed by atoms with Crippen molar-refractivity contribution in [2.75, 3.05) is 13.7 Å². The lowest BCUT2D eigenvalue weighted by molar-refractivity contribution is -0.527. The number of ether oxygens (including phenoxy) is 1. The molecule has 0 aliphatic carbocycles. The zero-order valence-corrected chi connectivity index (χ0v) is 18.2. The van der Waals surface area contributed by atoms with Crippen molar-refractivity contribution in [2.24, 2.45) is 0 Å². The van der Waals surface area contributed by atoms with Crippen LogP contribution in [0.3, 0.4) is 0 Å². The van der Waals surface area contributed by atoms with Gasteiger partial charge in [0.25, 0.3) is 0 Å². The largest absolute Gasteiger partial charge is 0.497 e. The van der Waals surface area contributed by atoms with Crippen LogP contribution in [0.5, 0.6) is 5.75 Å². The molecule has 2 aliphatic heterocycles. The van der Waals surface area contributed by atoms with E-state index in [1.807, 2.05) is 72.8 Å². The third kappa shape index (κ3) is 3.36. The molecule has 2 fully saturated rings. The Kier molecular flexibility index (Phi) is 5.34. The first-order chi connectivity index (χ1) is 16.1. The Morgan fingerprint density at radius 1 is 0.909 bits per heavy atom. The average Bonchev–Trinajstić information content (AvgIpc) is 3.38. The number of amides is 1. The van der Waals surface area contributed by atoms with Crippen molar-refractivity contribution in [3.63, 3.8) is 0 Å². The molecule has 2 saturated heterocycles. The van der Waals surface area contributed by atoms with E-state index >= 15 is 0 Å². The lowest BCUT2D eigenvalue weighted by Gasteiger charge is -2.34. The second-order valence-corrected chi connectivity index (χ2v) is 8.60. The highest BCUT2D eigenvalue weighted by atomic mass is 16.6. The Morgan fingerprint density at radius 3 is 2.09 bits per heavy atom. The van der Waals surface area contributed by atoms with E-state index in [1.165, 1.54) is 0 Å². The summed E-state index contributed by atoms with van der Waals surface area (Å²) in [6, 6.07) is 24.7. The van der Waals surface area contributed by atoms with Gasteiger partial charge in [-0.3, -0.25) is 20.2 Å². The third-order valence-corrected chi connectivity index (χ3v) is 7.04. The average molecular weight is 444 g/mol. The van der Waals surface area contributed by atoms with Crippen LogP contribution in [0.15, 0.2) is 84.9 Å². The first-order valence-corrected chi connectivity index (χ1v) is 11.0. The van der Waals surface area contributed by atoms with Crippen LogP contribution in [0.1, 0.15) is 34.6 Å². The lowest BCUT2D eigenvalue weighted by atomic mass is 9.69. The molecule has 7 nitrogen and oxygen atoms in total. The summed E-state index contributed by atoms with van der Waals surface area (Å²) < 4.78 is 5.26. The molecule has 2 N–H and O–H groups in total. The number of nitro groups is 1. The van der Waals surface area contributed by atoms with E-state index in [-0.39, 0.29) is 16.7 Å². The monoisotopic (exact) mass is 443 g/mol. The molecule has 3 aromatic carbocycles. The van der Waals surface area contributed by atoms with Gasteiger partial charge in [0.15, 0.2) is 0 Å². The van der Waals surface area contributed by atoms with Crippen molar-refractivity contribution in [1.29, 1.82) is 0 Å². The molecule has 2 aliphatic rings. The van der Waals surface area contributed by atoms with Gasteiger partial charge in [0.2, 0.25) is 11.9 Å². The summed E-state index contributed by atoms with van der Waals surface area (Å²) in [6.45, 7) is 0.416. The fourth-order valence-corrected chi connectivity index (χ4v) is 5.60. The van der Waals surface area contributed by atoms with E-state index in [9.17, 15) is 14.9 Å². The number of nitrogens with zero attached hydrogens (tertiary/aromatic N) is 1. The normalized spacial score (nSPS) is 28.6. The highest BCUT2D eigenvalue weighted by molar-refractivity contribution is 5.92. The van der Waals surface area contributed by atoms with Gasteiger partial charge < -0.3 is 10.1 Å². The Labute approximate surface area is 191 Å². The molecular weight excluding hydrogens is 418 g/mol. The molecule has 2 heterocycles. The molecule has 1 amide bonds. The number of methoxy groups -OCH3 is 1. The number of carbonyl (C=O) groups is 1. The van der Waals surface area contributed by atoms with Gasteiger partial charge in [0, 0.05) is 17.4 Å². The van der Waals surface area contributed by atoms with Crippen LogP contribution in [-0.4, -0.2) is 36.1 Å². The number of benzene rings is 3. The van der Waals surface area contributed by atoms with Crippen molar-refractivity contribution >= 4 is 5.91 Å². The van der Waals surface area contributed by atoms with Crippen LogP contribution in [0.4, 0.5) is 0 Å². The number of nitrogens with one attached hydrogen (secondary N) is 2. The second-order valence-electron chi connectivity index (χ2n) is 8.60. The van der Waals surface area contributed by atoms with Gasteiger partial charge >= 0.3 is 0 Å². The number of carbonyl (C=O) groups excluding carboxylic acids is 1. The maximum Gasteiger partial charge on any atom is 0.241 e. The quantitative estimate of drug-likeness (QED) is 0.466. The molecule has 1 spiro atoms. The van der Waals surface area contributed by atoms with E-state index in [0.717, 1.165) is 16.7 Å². The molecule has 168 valence electrons. The zero-order valence-electron chi connectivity index (χ0n) is 18.2. The molecule has 0 saturated carbocycles. The van der Waals surface area contributed by atoms with E-state index in [0.29, 0.717) is 12.3 Å². The minimum absolute atomic E-state index is 0.201. The van der Waals surface area contributed by atoms with Gasteiger partial charge in [0.05, 0.1) is 13.0 Å². The Hall–Kier alpha value is -3.71. The Morgan fingerprint density at radius 2 is 1.52 bits per heavy atom. The summed E-state index contributed by atoms with van der Waals surface area (Å²) >= 11 is 0. The van der Waals surface area contributed by atoms with Crippen molar-refractivity contribution in [1.82, 2.24) is 10.6 Å². The Balaban J connectivity index is 1.71. The predicted molar refractivity (Wildman–Crippen MR) is 124 cm³/mol. The predicted octanol–water partition coefficient (Wildman–Crippen LogP) is 3.42. The van der Waals surface area contributed by atoms with Gasteiger partial charge in [0.1, 0.15) is 17.3 Å². The lowest BCUT2D eigenvalue weighted by Crippen LogP contribution is -2.54. The summed E-state index contributed by atoms with van der Waals surface area (Å²) in [5, 5.41) is 19.1. The van der Waals surface area contributed by atoms with Crippen LogP contribution < -0.4 is 15.4 Å². The molecule has 5 rings (SSSR count). The van der Waals surface area contributed by atoms with E-state index in [4.69, 9.17) is 4.74 Å². The standard InChI is InChI=1S/C26H25N3O4/c1-33-20-14-12-19(13-15-20)23-24(29(31)32)22(18-10-6-3-7-11-18)26(28-23)21(16-27-25(26)30)17-8-4-2-5-9-17/h2-15,21-24,28H,16H2,1H3,(H,27,30)/t21-,22-,23-,24-,26-/m1/s1.